The van der Waals surface area contributed by atoms with Gasteiger partial charge in [0.25, 0.3) is 0 Å². The van der Waals surface area contributed by atoms with E-state index in [1.54, 1.807) is 24.3 Å². The summed E-state index contributed by atoms with van der Waals surface area (Å²) in [5, 5.41) is 6.74. The molecule has 10 heteroatoms. The van der Waals surface area contributed by atoms with Gasteiger partial charge in [0.15, 0.2) is 0 Å². The molecule has 0 bridgehead atoms. The van der Waals surface area contributed by atoms with Gasteiger partial charge in [-0.05, 0) is 55.0 Å². The van der Waals surface area contributed by atoms with Gasteiger partial charge in [-0.3, -0.25) is 9.59 Å². The number of nitrogens with two attached hydrogens (primary N) is 1. The normalized spacial score (nSPS) is 18.1. The number of nitrogens with one attached hydrogen (secondary N) is 1. The van der Waals surface area contributed by atoms with E-state index < -0.39 is 6.04 Å². The maximum absolute atomic E-state index is 13.0. The molecule has 2 heterocycles. The molecule has 1 aliphatic heterocycles. The molecule has 1 aliphatic rings. The Hall–Kier alpha value is -3.79. The van der Waals surface area contributed by atoms with E-state index in [0.717, 1.165) is 0 Å². The molecule has 1 fully saturated rings. The molecule has 2 amide bonds. The number of nitrogens with zero attached hydrogens (tertiary/aromatic N) is 4. The summed E-state index contributed by atoms with van der Waals surface area (Å²) >= 11 is 0. The van der Waals surface area contributed by atoms with Gasteiger partial charge in [0, 0.05) is 18.3 Å². The van der Waals surface area contributed by atoms with Gasteiger partial charge in [-0.15, -0.1) is 0 Å². The number of likely N-dealkylation sites (tertiary alicyclic amines) is 1. The first-order valence-electron chi connectivity index (χ1n) is 9.70. The molecule has 1 saturated heterocycles. The van der Waals surface area contributed by atoms with Gasteiger partial charge in [-0.1, -0.05) is 0 Å². The number of benzene rings is 2. The fourth-order valence-electron chi connectivity index (χ4n) is 3.41. The van der Waals surface area contributed by atoms with Crippen molar-refractivity contribution in [3.8, 4) is 11.5 Å². The van der Waals surface area contributed by atoms with Crippen LogP contribution in [0.2, 0.25) is 0 Å². The largest absolute Gasteiger partial charge is 0.457 e. The molecule has 0 radical (unpaired) electrons. The molecule has 1 aromatic heterocycles. The Morgan fingerprint density at radius 1 is 1.13 bits per heavy atom. The van der Waals surface area contributed by atoms with Crippen molar-refractivity contribution in [1.29, 1.82) is 0 Å². The lowest BCUT2D eigenvalue weighted by atomic mass is 10.1. The van der Waals surface area contributed by atoms with Gasteiger partial charge in [0.2, 0.25) is 11.8 Å². The standard InChI is InChI=1S/C21H21FN6O3/c22-14-1-5-17(6-2-14)31-18-7-3-16(4-8-18)26-21(30)19-9-15(23)10-28(19)20(29)11-27-13-24-12-25-27/h1-8,12-13,15,19H,9-11,23H2,(H,26,30)/t15-,19+/m1/s1. The smallest absolute Gasteiger partial charge is 0.247 e. The summed E-state index contributed by atoms with van der Waals surface area (Å²) in [6.07, 6.45) is 3.16. The third-order valence-corrected chi connectivity index (χ3v) is 4.89. The van der Waals surface area contributed by atoms with Crippen molar-refractivity contribution in [2.45, 2.75) is 25.0 Å². The average molecular weight is 424 g/mol. The highest BCUT2D eigenvalue weighted by molar-refractivity contribution is 5.97. The predicted octanol–water partition coefficient (Wildman–Crippen LogP) is 1.78. The van der Waals surface area contributed by atoms with Crippen LogP contribution in [0.4, 0.5) is 10.1 Å². The van der Waals surface area contributed by atoms with Gasteiger partial charge < -0.3 is 20.7 Å². The lowest BCUT2D eigenvalue weighted by Crippen LogP contribution is -2.44. The molecular weight excluding hydrogens is 403 g/mol. The van der Waals surface area contributed by atoms with E-state index in [2.05, 4.69) is 15.4 Å². The molecule has 2 atom stereocenters. The van der Waals surface area contributed by atoms with Crippen LogP contribution < -0.4 is 15.8 Å². The number of halogens is 1. The Morgan fingerprint density at radius 2 is 1.81 bits per heavy atom. The number of rotatable bonds is 6. The number of carbonyl (C=O) groups is 2. The summed E-state index contributed by atoms with van der Waals surface area (Å²) < 4.78 is 20.0. The monoisotopic (exact) mass is 424 g/mol. The zero-order valence-electron chi connectivity index (χ0n) is 16.5. The zero-order chi connectivity index (χ0) is 21.8. The van der Waals surface area contributed by atoms with Crippen molar-refractivity contribution in [3.05, 3.63) is 67.0 Å². The van der Waals surface area contributed by atoms with Crippen LogP contribution in [0, 0.1) is 5.82 Å². The van der Waals surface area contributed by atoms with Gasteiger partial charge in [-0.2, -0.15) is 5.10 Å². The number of carbonyl (C=O) groups excluding carboxylic acids is 2. The highest BCUT2D eigenvalue weighted by Gasteiger charge is 2.38. The van der Waals surface area contributed by atoms with Gasteiger partial charge in [0.05, 0.1) is 0 Å². The van der Waals surface area contributed by atoms with Crippen LogP contribution in [0.15, 0.2) is 61.2 Å². The second-order valence-electron chi connectivity index (χ2n) is 7.22. The number of hydrogen-bond acceptors (Lipinski definition) is 6. The Morgan fingerprint density at radius 3 is 2.45 bits per heavy atom. The van der Waals surface area contributed by atoms with Crippen molar-refractivity contribution in [3.63, 3.8) is 0 Å². The van der Waals surface area contributed by atoms with Crippen LogP contribution in [0.5, 0.6) is 11.5 Å². The van der Waals surface area contributed by atoms with Crippen LogP contribution in [0.1, 0.15) is 6.42 Å². The molecule has 3 aromatic rings. The van der Waals surface area contributed by atoms with E-state index in [9.17, 15) is 14.0 Å². The first-order chi connectivity index (χ1) is 15.0. The van der Waals surface area contributed by atoms with Crippen LogP contribution in [0.3, 0.4) is 0 Å². The highest BCUT2D eigenvalue weighted by Crippen LogP contribution is 2.24. The second kappa shape index (κ2) is 8.92. The van der Waals surface area contributed by atoms with E-state index in [4.69, 9.17) is 10.5 Å². The molecule has 0 aliphatic carbocycles. The molecule has 160 valence electrons. The quantitative estimate of drug-likeness (QED) is 0.623. The predicted molar refractivity (Wildman–Crippen MR) is 110 cm³/mol. The Balaban J connectivity index is 1.38. The second-order valence-corrected chi connectivity index (χ2v) is 7.22. The molecule has 0 spiro atoms. The number of hydrogen-bond donors (Lipinski definition) is 2. The first-order valence-corrected chi connectivity index (χ1v) is 9.70. The maximum atomic E-state index is 13.0. The van der Waals surface area contributed by atoms with Gasteiger partial charge in [-0.25, -0.2) is 14.1 Å². The lowest BCUT2D eigenvalue weighted by molar-refractivity contribution is -0.137. The summed E-state index contributed by atoms with van der Waals surface area (Å²) in [7, 11) is 0. The summed E-state index contributed by atoms with van der Waals surface area (Å²) in [6, 6.07) is 11.5. The van der Waals surface area contributed by atoms with Crippen LogP contribution >= 0.6 is 0 Å². The van der Waals surface area contributed by atoms with E-state index >= 15 is 0 Å². The minimum Gasteiger partial charge on any atom is -0.457 e. The molecule has 9 nitrogen and oxygen atoms in total. The zero-order valence-corrected chi connectivity index (χ0v) is 16.5. The van der Waals surface area contributed by atoms with Crippen LogP contribution in [0.25, 0.3) is 0 Å². The van der Waals surface area contributed by atoms with E-state index in [1.165, 1.54) is 46.5 Å². The van der Waals surface area contributed by atoms with Gasteiger partial charge >= 0.3 is 0 Å². The summed E-state index contributed by atoms with van der Waals surface area (Å²) in [4.78, 5) is 30.7. The van der Waals surface area contributed by atoms with Crippen molar-refractivity contribution in [2.24, 2.45) is 5.73 Å². The van der Waals surface area contributed by atoms with Crippen molar-refractivity contribution in [1.82, 2.24) is 19.7 Å². The molecule has 0 unspecified atom stereocenters. The molecular formula is C21H21FN6O3. The molecule has 3 N–H and O–H groups in total. The number of amides is 2. The van der Waals surface area contributed by atoms with Crippen LogP contribution in [-0.2, 0) is 16.1 Å². The lowest BCUT2D eigenvalue weighted by Gasteiger charge is -2.23. The number of aromatic nitrogens is 3. The Bertz CT molecular complexity index is 1040. The van der Waals surface area contributed by atoms with E-state index in [-0.39, 0.29) is 30.2 Å². The van der Waals surface area contributed by atoms with E-state index in [0.29, 0.717) is 30.2 Å². The maximum Gasteiger partial charge on any atom is 0.247 e. The minimum atomic E-state index is -0.666. The Labute approximate surface area is 177 Å². The van der Waals surface area contributed by atoms with Crippen molar-refractivity contribution >= 4 is 17.5 Å². The highest BCUT2D eigenvalue weighted by atomic mass is 19.1. The summed E-state index contributed by atoms with van der Waals surface area (Å²) in [5.74, 6) is 0.136. The summed E-state index contributed by atoms with van der Waals surface area (Å²) in [6.45, 7) is 0.294. The third kappa shape index (κ3) is 5.04. The molecule has 31 heavy (non-hydrogen) atoms. The molecule has 2 aromatic carbocycles. The van der Waals surface area contributed by atoms with Crippen molar-refractivity contribution < 1.29 is 18.7 Å². The van der Waals surface area contributed by atoms with Crippen molar-refractivity contribution in [2.75, 3.05) is 11.9 Å². The van der Waals surface area contributed by atoms with Crippen LogP contribution in [-0.4, -0.2) is 50.1 Å². The Kier molecular flexibility index (Phi) is 5.89. The fraction of sp³-hybridized carbons (Fsp3) is 0.238. The topological polar surface area (TPSA) is 115 Å². The average Bonchev–Trinajstić information content (AvgIpc) is 3.40. The fourth-order valence-corrected chi connectivity index (χ4v) is 3.41. The van der Waals surface area contributed by atoms with E-state index in [1.807, 2.05) is 0 Å². The molecule has 0 saturated carbocycles. The first kappa shape index (κ1) is 20.5. The summed E-state index contributed by atoms with van der Waals surface area (Å²) in [5.41, 5.74) is 6.57. The minimum absolute atomic E-state index is 0.00801. The number of ether oxygens (including phenoxy) is 1. The third-order valence-electron chi connectivity index (χ3n) is 4.89. The number of anilines is 1. The van der Waals surface area contributed by atoms with Gasteiger partial charge in [0.1, 0.15) is 42.6 Å². The molecule has 4 rings (SSSR count). The SMILES string of the molecule is N[C@@H]1C[C@@H](C(=O)Nc2ccc(Oc3ccc(F)cc3)cc2)N(C(=O)Cn2cncn2)C1.